The molecular weight excluding hydrogens is 268 g/mol. The molecule has 108 valence electrons. The minimum Gasteiger partial charge on any atom is -0.407 e. The number of hydrogen-bond acceptors (Lipinski definition) is 7. The first-order valence-corrected chi connectivity index (χ1v) is 8.27. The highest BCUT2D eigenvalue weighted by atomic mass is 32.2. The Morgan fingerprint density at radius 2 is 2.21 bits per heavy atom. The Hall–Kier alpha value is -1.15. The van der Waals surface area contributed by atoms with Crippen LogP contribution in [0.1, 0.15) is 26.2 Å². The van der Waals surface area contributed by atoms with Crippen molar-refractivity contribution in [1.82, 2.24) is 15.5 Å². The van der Waals surface area contributed by atoms with Crippen molar-refractivity contribution in [3.8, 4) is 0 Å². The molecule has 0 amide bonds. The van der Waals surface area contributed by atoms with Gasteiger partial charge in [0.2, 0.25) is 5.89 Å². The van der Waals surface area contributed by atoms with Crippen molar-refractivity contribution in [3.63, 3.8) is 0 Å². The van der Waals surface area contributed by atoms with Gasteiger partial charge < -0.3 is 15.1 Å². The summed E-state index contributed by atoms with van der Waals surface area (Å²) in [5.41, 5.74) is 0. The van der Waals surface area contributed by atoms with Crippen LogP contribution in [0.5, 0.6) is 0 Å². The van der Waals surface area contributed by atoms with Crippen molar-refractivity contribution in [2.45, 2.75) is 32.9 Å². The summed E-state index contributed by atoms with van der Waals surface area (Å²) in [5, 5.41) is 13.9. The van der Waals surface area contributed by atoms with Gasteiger partial charge in [-0.05, 0) is 18.9 Å². The Morgan fingerprint density at radius 3 is 2.84 bits per heavy atom. The Balaban J connectivity index is 1.81. The minimum atomic E-state index is -2.90. The second-order valence-electron chi connectivity index (χ2n) is 5.27. The van der Waals surface area contributed by atoms with Gasteiger partial charge in [-0.2, -0.15) is 0 Å². The predicted molar refractivity (Wildman–Crippen MR) is 71.5 cm³/mol. The van der Waals surface area contributed by atoms with E-state index in [9.17, 15) is 8.42 Å². The van der Waals surface area contributed by atoms with E-state index >= 15 is 0 Å². The molecule has 2 heterocycles. The van der Waals surface area contributed by atoms with Crippen LogP contribution < -0.4 is 10.6 Å². The summed E-state index contributed by atoms with van der Waals surface area (Å²) in [7, 11) is -2.90. The zero-order valence-electron chi connectivity index (χ0n) is 11.2. The van der Waals surface area contributed by atoms with E-state index in [1.807, 2.05) is 0 Å². The molecule has 1 aliphatic rings. The molecule has 0 aliphatic carbocycles. The van der Waals surface area contributed by atoms with Gasteiger partial charge in [0.1, 0.15) is 0 Å². The minimum absolute atomic E-state index is 0.123. The largest absolute Gasteiger partial charge is 0.407 e. The molecule has 1 unspecified atom stereocenters. The Bertz CT molecular complexity index is 512. The number of hydrogen-bond donors (Lipinski definition) is 2. The molecule has 0 aromatic carbocycles. The van der Waals surface area contributed by atoms with Crippen molar-refractivity contribution >= 4 is 15.9 Å². The van der Waals surface area contributed by atoms with Gasteiger partial charge in [0.05, 0.1) is 18.1 Å². The Labute approximate surface area is 113 Å². The molecule has 19 heavy (non-hydrogen) atoms. The monoisotopic (exact) mass is 288 g/mol. The highest BCUT2D eigenvalue weighted by Crippen LogP contribution is 2.16. The van der Waals surface area contributed by atoms with Gasteiger partial charge >= 0.3 is 6.01 Å². The lowest BCUT2D eigenvalue weighted by molar-refractivity contribution is 0.456. The second kappa shape index (κ2) is 5.87. The van der Waals surface area contributed by atoms with Gasteiger partial charge in [0.15, 0.2) is 9.84 Å². The Kier molecular flexibility index (Phi) is 4.41. The molecule has 0 spiro atoms. The maximum Gasteiger partial charge on any atom is 0.315 e. The van der Waals surface area contributed by atoms with Crippen LogP contribution in [0.2, 0.25) is 0 Å². The van der Waals surface area contributed by atoms with Gasteiger partial charge in [-0.1, -0.05) is 18.9 Å². The van der Waals surface area contributed by atoms with E-state index in [2.05, 4.69) is 34.7 Å². The lowest BCUT2D eigenvalue weighted by atomic mass is 10.2. The van der Waals surface area contributed by atoms with E-state index in [4.69, 9.17) is 4.42 Å². The summed E-state index contributed by atoms with van der Waals surface area (Å²) in [6.07, 6.45) is 0.589. The van der Waals surface area contributed by atoms with E-state index in [1.54, 1.807) is 0 Å². The molecular formula is C11H20N4O3S. The molecule has 1 atom stereocenters. The van der Waals surface area contributed by atoms with Gasteiger partial charge in [-0.15, -0.1) is 5.10 Å². The summed E-state index contributed by atoms with van der Waals surface area (Å²) >= 11 is 0. The van der Waals surface area contributed by atoms with Gasteiger partial charge in [0.25, 0.3) is 0 Å². The molecule has 2 rings (SSSR count). The second-order valence-corrected chi connectivity index (χ2v) is 7.50. The summed E-state index contributed by atoms with van der Waals surface area (Å²) in [4.78, 5) is 0. The Morgan fingerprint density at radius 1 is 1.42 bits per heavy atom. The molecule has 1 fully saturated rings. The lowest BCUT2D eigenvalue weighted by Crippen LogP contribution is -2.20. The molecule has 2 N–H and O–H groups in total. The number of nitrogens with zero attached hydrogens (tertiary/aromatic N) is 2. The lowest BCUT2D eigenvalue weighted by Gasteiger charge is -2.06. The predicted octanol–water partition coefficient (Wildman–Crippen LogP) is 0.414. The van der Waals surface area contributed by atoms with Gasteiger partial charge in [-0.3, -0.25) is 0 Å². The van der Waals surface area contributed by atoms with Crippen molar-refractivity contribution < 1.29 is 12.8 Å². The van der Waals surface area contributed by atoms with Crippen molar-refractivity contribution in [2.75, 3.05) is 23.4 Å². The number of sulfone groups is 1. The molecule has 1 saturated heterocycles. The number of nitrogens with one attached hydrogen (secondary N) is 2. The first-order valence-electron chi connectivity index (χ1n) is 6.44. The van der Waals surface area contributed by atoms with Crippen LogP contribution in [-0.4, -0.2) is 42.7 Å². The molecule has 0 bridgehead atoms. The van der Waals surface area contributed by atoms with Crippen LogP contribution in [0.15, 0.2) is 4.42 Å². The molecule has 0 radical (unpaired) electrons. The third-order valence-corrected chi connectivity index (χ3v) is 4.62. The SMILES string of the molecule is CC(C)CNCc1nnc(NC2CCS(=O)(=O)C2)o1. The smallest absolute Gasteiger partial charge is 0.315 e. The highest BCUT2D eigenvalue weighted by molar-refractivity contribution is 7.91. The van der Waals surface area contributed by atoms with Crippen molar-refractivity contribution in [3.05, 3.63) is 5.89 Å². The zero-order chi connectivity index (χ0) is 13.9. The summed E-state index contributed by atoms with van der Waals surface area (Å²) in [6, 6.07) is 0.172. The first kappa shape index (κ1) is 14.3. The molecule has 8 heteroatoms. The molecule has 1 aromatic heterocycles. The van der Waals surface area contributed by atoms with Gasteiger partial charge in [-0.25, -0.2) is 8.42 Å². The highest BCUT2D eigenvalue weighted by Gasteiger charge is 2.28. The fourth-order valence-corrected chi connectivity index (χ4v) is 3.61. The summed E-state index contributed by atoms with van der Waals surface area (Å²) < 4.78 is 28.1. The van der Waals surface area contributed by atoms with Gasteiger partial charge in [0, 0.05) is 6.04 Å². The third-order valence-electron chi connectivity index (χ3n) is 2.86. The van der Waals surface area contributed by atoms with E-state index in [0.717, 1.165) is 6.54 Å². The van der Waals surface area contributed by atoms with Crippen LogP contribution in [0.3, 0.4) is 0 Å². The van der Waals surface area contributed by atoms with Crippen molar-refractivity contribution in [2.24, 2.45) is 5.92 Å². The van der Waals surface area contributed by atoms with Crippen LogP contribution in [0.4, 0.5) is 6.01 Å². The maximum absolute atomic E-state index is 11.3. The summed E-state index contributed by atoms with van der Waals surface area (Å²) in [6.45, 7) is 5.64. The fourth-order valence-electron chi connectivity index (χ4n) is 1.93. The number of aromatic nitrogens is 2. The van der Waals surface area contributed by atoms with Crippen LogP contribution in [0, 0.1) is 5.92 Å². The summed E-state index contributed by atoms with van der Waals surface area (Å²) in [5.74, 6) is 1.42. The van der Waals surface area contributed by atoms with Crippen LogP contribution in [0.25, 0.3) is 0 Å². The van der Waals surface area contributed by atoms with E-state index in [0.29, 0.717) is 30.8 Å². The van der Waals surface area contributed by atoms with E-state index in [-0.39, 0.29) is 17.5 Å². The van der Waals surface area contributed by atoms with E-state index in [1.165, 1.54) is 0 Å². The van der Waals surface area contributed by atoms with Crippen molar-refractivity contribution in [1.29, 1.82) is 0 Å². The number of rotatable bonds is 6. The molecule has 0 saturated carbocycles. The topological polar surface area (TPSA) is 97.1 Å². The average molecular weight is 288 g/mol. The molecule has 1 aliphatic heterocycles. The normalized spacial score (nSPS) is 21.9. The van der Waals surface area contributed by atoms with Crippen LogP contribution >= 0.6 is 0 Å². The number of anilines is 1. The zero-order valence-corrected chi connectivity index (χ0v) is 12.0. The molecule has 7 nitrogen and oxygen atoms in total. The average Bonchev–Trinajstić information content (AvgIpc) is 2.86. The van der Waals surface area contributed by atoms with Crippen LogP contribution in [-0.2, 0) is 16.4 Å². The standard InChI is InChI=1S/C11H20N4O3S/c1-8(2)5-12-6-10-14-15-11(18-10)13-9-3-4-19(16,17)7-9/h8-9,12H,3-7H2,1-2H3,(H,13,15). The van der Waals surface area contributed by atoms with E-state index < -0.39 is 9.84 Å². The third kappa shape index (κ3) is 4.46. The maximum atomic E-state index is 11.3. The molecule has 1 aromatic rings. The quantitative estimate of drug-likeness (QED) is 0.782. The first-order chi connectivity index (χ1) is 8.94. The fraction of sp³-hybridized carbons (Fsp3) is 0.818.